The van der Waals surface area contributed by atoms with Gasteiger partial charge >= 0.3 is 0 Å². The van der Waals surface area contributed by atoms with E-state index in [-0.39, 0.29) is 17.7 Å². The maximum absolute atomic E-state index is 11.1. The minimum Gasteiger partial charge on any atom is -0.493 e. The summed E-state index contributed by atoms with van der Waals surface area (Å²) in [6.07, 6.45) is 0. The Kier molecular flexibility index (Phi) is 5.27. The standard InChI is InChI=1S/C15H14N2O7/c1-23-14-4-2-3-5-15(14)24-9-10-6-12(16(19)20)11(8-18)13(7-10)17(21)22/h2-7,18H,8-9H2,1H3. The van der Waals surface area contributed by atoms with Crippen LogP contribution in [0.3, 0.4) is 0 Å². The third-order valence-electron chi connectivity index (χ3n) is 3.28. The number of nitro groups is 2. The van der Waals surface area contributed by atoms with Crippen molar-refractivity contribution in [1.29, 1.82) is 0 Å². The average Bonchev–Trinajstić information content (AvgIpc) is 2.58. The molecule has 0 saturated carbocycles. The van der Waals surface area contributed by atoms with Crippen molar-refractivity contribution in [2.24, 2.45) is 0 Å². The molecule has 126 valence electrons. The van der Waals surface area contributed by atoms with E-state index in [0.29, 0.717) is 11.5 Å². The van der Waals surface area contributed by atoms with Gasteiger partial charge < -0.3 is 14.6 Å². The number of aliphatic hydroxyl groups is 1. The number of nitrogens with zero attached hydrogens (tertiary/aromatic N) is 2. The van der Waals surface area contributed by atoms with Gasteiger partial charge in [0.1, 0.15) is 12.2 Å². The van der Waals surface area contributed by atoms with Gasteiger partial charge in [-0.3, -0.25) is 20.2 Å². The summed E-state index contributed by atoms with van der Waals surface area (Å²) in [5.41, 5.74) is -1.15. The van der Waals surface area contributed by atoms with Crippen LogP contribution in [0.4, 0.5) is 11.4 Å². The number of hydrogen-bond acceptors (Lipinski definition) is 7. The van der Waals surface area contributed by atoms with Crippen LogP contribution >= 0.6 is 0 Å². The zero-order chi connectivity index (χ0) is 17.7. The number of methoxy groups -OCH3 is 1. The van der Waals surface area contributed by atoms with Crippen LogP contribution in [0.2, 0.25) is 0 Å². The van der Waals surface area contributed by atoms with Crippen LogP contribution in [0.5, 0.6) is 11.5 Å². The zero-order valence-corrected chi connectivity index (χ0v) is 12.7. The van der Waals surface area contributed by atoms with Crippen LogP contribution in [0.1, 0.15) is 11.1 Å². The quantitative estimate of drug-likeness (QED) is 0.609. The van der Waals surface area contributed by atoms with E-state index in [9.17, 15) is 25.3 Å². The number of aliphatic hydroxyl groups excluding tert-OH is 1. The first-order valence-corrected chi connectivity index (χ1v) is 6.79. The predicted molar refractivity (Wildman–Crippen MR) is 83.0 cm³/mol. The first-order valence-electron chi connectivity index (χ1n) is 6.79. The summed E-state index contributed by atoms with van der Waals surface area (Å²) in [6, 6.07) is 9.08. The van der Waals surface area contributed by atoms with Gasteiger partial charge in [-0.05, 0) is 12.1 Å². The van der Waals surface area contributed by atoms with Gasteiger partial charge in [0, 0.05) is 17.7 Å². The lowest BCUT2D eigenvalue weighted by atomic mass is 10.1. The fraction of sp³-hybridized carbons (Fsp3) is 0.200. The van der Waals surface area contributed by atoms with Gasteiger partial charge in [0.15, 0.2) is 11.5 Å². The van der Waals surface area contributed by atoms with Gasteiger partial charge in [0.05, 0.1) is 23.6 Å². The molecule has 0 bridgehead atoms. The van der Waals surface area contributed by atoms with Crippen molar-refractivity contribution in [1.82, 2.24) is 0 Å². The lowest BCUT2D eigenvalue weighted by Gasteiger charge is -2.11. The molecular weight excluding hydrogens is 320 g/mol. The van der Waals surface area contributed by atoms with Crippen molar-refractivity contribution in [2.45, 2.75) is 13.2 Å². The minimum atomic E-state index is -0.805. The molecule has 0 atom stereocenters. The van der Waals surface area contributed by atoms with E-state index < -0.39 is 27.8 Å². The number of benzene rings is 2. The van der Waals surface area contributed by atoms with E-state index in [1.807, 2.05) is 0 Å². The molecule has 0 radical (unpaired) electrons. The number of ether oxygens (including phenoxy) is 2. The zero-order valence-electron chi connectivity index (χ0n) is 12.7. The molecular formula is C15H14N2O7. The molecule has 9 heteroatoms. The van der Waals surface area contributed by atoms with E-state index in [2.05, 4.69) is 0 Å². The van der Waals surface area contributed by atoms with Gasteiger partial charge in [0.25, 0.3) is 11.4 Å². The number of para-hydroxylation sites is 2. The van der Waals surface area contributed by atoms with Crippen molar-refractivity contribution >= 4 is 11.4 Å². The molecule has 0 fully saturated rings. The van der Waals surface area contributed by atoms with Crippen molar-refractivity contribution in [2.75, 3.05) is 7.11 Å². The van der Waals surface area contributed by atoms with Gasteiger partial charge in [0.2, 0.25) is 0 Å². The highest BCUT2D eigenvalue weighted by Crippen LogP contribution is 2.32. The van der Waals surface area contributed by atoms with Crippen LogP contribution in [0.15, 0.2) is 36.4 Å². The molecule has 0 aliphatic carbocycles. The summed E-state index contributed by atoms with van der Waals surface area (Å²) in [5.74, 6) is 0.866. The smallest absolute Gasteiger partial charge is 0.282 e. The Morgan fingerprint density at radius 1 is 1.04 bits per heavy atom. The normalized spacial score (nSPS) is 10.2. The van der Waals surface area contributed by atoms with Crippen molar-refractivity contribution in [3.05, 3.63) is 67.8 Å². The Balaban J connectivity index is 2.37. The molecule has 2 rings (SSSR count). The summed E-state index contributed by atoms with van der Waals surface area (Å²) >= 11 is 0. The molecule has 0 aliphatic heterocycles. The highest BCUT2D eigenvalue weighted by molar-refractivity contribution is 5.56. The Morgan fingerprint density at radius 2 is 1.58 bits per heavy atom. The molecule has 0 saturated heterocycles. The molecule has 0 unspecified atom stereocenters. The first-order chi connectivity index (χ1) is 11.5. The molecule has 0 aromatic heterocycles. The van der Waals surface area contributed by atoms with Crippen LogP contribution in [0.25, 0.3) is 0 Å². The summed E-state index contributed by atoms with van der Waals surface area (Å²) in [5, 5.41) is 31.4. The Labute approximate surface area is 136 Å². The van der Waals surface area contributed by atoms with E-state index in [1.54, 1.807) is 24.3 Å². The fourth-order valence-electron chi connectivity index (χ4n) is 2.17. The van der Waals surface area contributed by atoms with Gasteiger partial charge in [-0.25, -0.2) is 0 Å². The largest absolute Gasteiger partial charge is 0.493 e. The third kappa shape index (κ3) is 3.58. The lowest BCUT2D eigenvalue weighted by Crippen LogP contribution is -2.05. The monoisotopic (exact) mass is 334 g/mol. The average molecular weight is 334 g/mol. The molecule has 24 heavy (non-hydrogen) atoms. The molecule has 2 aromatic rings. The predicted octanol–water partition coefficient (Wildman–Crippen LogP) is 2.58. The van der Waals surface area contributed by atoms with Gasteiger partial charge in [-0.2, -0.15) is 0 Å². The van der Waals surface area contributed by atoms with E-state index in [0.717, 1.165) is 12.1 Å². The maximum atomic E-state index is 11.1. The second-order valence-electron chi connectivity index (χ2n) is 4.72. The second-order valence-corrected chi connectivity index (χ2v) is 4.72. The molecule has 0 heterocycles. The van der Waals surface area contributed by atoms with Gasteiger partial charge in [-0.1, -0.05) is 12.1 Å². The second kappa shape index (κ2) is 7.38. The highest BCUT2D eigenvalue weighted by Gasteiger charge is 2.26. The fourth-order valence-corrected chi connectivity index (χ4v) is 2.17. The van der Waals surface area contributed by atoms with E-state index in [1.165, 1.54) is 7.11 Å². The third-order valence-corrected chi connectivity index (χ3v) is 3.28. The Bertz CT molecular complexity index is 741. The number of hydrogen-bond donors (Lipinski definition) is 1. The van der Waals surface area contributed by atoms with E-state index >= 15 is 0 Å². The SMILES string of the molecule is COc1ccccc1OCc1cc([N+](=O)[O-])c(CO)c([N+](=O)[O-])c1. The lowest BCUT2D eigenvalue weighted by molar-refractivity contribution is -0.396. The highest BCUT2D eigenvalue weighted by atomic mass is 16.6. The minimum absolute atomic E-state index is 0.131. The van der Waals surface area contributed by atoms with Crippen molar-refractivity contribution in [3.63, 3.8) is 0 Å². The van der Waals surface area contributed by atoms with Crippen molar-refractivity contribution in [3.8, 4) is 11.5 Å². The maximum Gasteiger partial charge on any atom is 0.282 e. The van der Waals surface area contributed by atoms with Crippen LogP contribution in [0, 0.1) is 20.2 Å². The molecule has 0 aliphatic rings. The summed E-state index contributed by atoms with van der Waals surface area (Å²) in [6.45, 7) is -0.936. The Morgan fingerprint density at radius 3 is 2.04 bits per heavy atom. The molecule has 9 nitrogen and oxygen atoms in total. The van der Waals surface area contributed by atoms with Crippen LogP contribution in [-0.4, -0.2) is 22.1 Å². The van der Waals surface area contributed by atoms with Crippen molar-refractivity contribution < 1.29 is 24.4 Å². The van der Waals surface area contributed by atoms with Crippen LogP contribution in [-0.2, 0) is 13.2 Å². The molecule has 2 aromatic carbocycles. The molecule has 0 amide bonds. The van der Waals surface area contributed by atoms with Crippen LogP contribution < -0.4 is 9.47 Å². The summed E-state index contributed by atoms with van der Waals surface area (Å²) < 4.78 is 10.6. The summed E-state index contributed by atoms with van der Waals surface area (Å²) in [7, 11) is 1.47. The topological polar surface area (TPSA) is 125 Å². The Hall–Kier alpha value is -3.20. The van der Waals surface area contributed by atoms with Gasteiger partial charge in [-0.15, -0.1) is 0 Å². The van der Waals surface area contributed by atoms with E-state index in [4.69, 9.17) is 9.47 Å². The summed E-state index contributed by atoms with van der Waals surface area (Å²) in [4.78, 5) is 20.6. The first kappa shape index (κ1) is 17.2. The molecule has 1 N–H and O–H groups in total. The number of rotatable bonds is 7. The number of nitro benzene ring substituents is 2. The molecule has 0 spiro atoms.